The molecule has 0 bridgehead atoms. The Morgan fingerprint density at radius 2 is 2.19 bits per heavy atom. The summed E-state index contributed by atoms with van der Waals surface area (Å²) in [6, 6.07) is 4.59. The molecule has 1 rings (SSSR count). The minimum absolute atomic E-state index is 0.232. The molecule has 1 unspecified atom stereocenters. The fraction of sp³-hybridized carbons (Fsp3) is 0.400. The summed E-state index contributed by atoms with van der Waals surface area (Å²) in [5.41, 5.74) is 6.08. The molecule has 6 heteroatoms. The van der Waals surface area contributed by atoms with Crippen LogP contribution in [0, 0.1) is 5.92 Å². The van der Waals surface area contributed by atoms with Crippen molar-refractivity contribution in [3.05, 3.63) is 18.2 Å². The second-order valence-corrected chi connectivity index (χ2v) is 4.31. The molecule has 0 aliphatic heterocycles. The number of benzene rings is 1. The van der Waals surface area contributed by atoms with Crippen LogP contribution in [0.15, 0.2) is 18.2 Å². The average molecular weight is 245 g/mol. The van der Waals surface area contributed by atoms with Crippen molar-refractivity contribution >= 4 is 17.0 Å². The summed E-state index contributed by atoms with van der Waals surface area (Å²) in [5, 5.41) is 0. The van der Waals surface area contributed by atoms with Gasteiger partial charge in [0.05, 0.1) is 12.3 Å². The molecule has 5 nitrogen and oxygen atoms in total. The molecule has 1 aromatic rings. The Morgan fingerprint density at radius 3 is 2.69 bits per heavy atom. The molecular weight excluding hydrogens is 230 g/mol. The second-order valence-electron chi connectivity index (χ2n) is 3.70. The molecule has 0 spiro atoms. The largest absolute Gasteiger partial charge is 0.491 e. The normalized spacial score (nSPS) is 12.5. The lowest BCUT2D eigenvalue weighted by atomic mass is 10.2. The van der Waals surface area contributed by atoms with Gasteiger partial charge in [0.1, 0.15) is 11.5 Å². The van der Waals surface area contributed by atoms with Gasteiger partial charge in [-0.25, -0.2) is 0 Å². The Hall–Kier alpha value is -1.27. The Kier molecular flexibility index (Phi) is 4.57. The number of ether oxygens (including phenoxy) is 1. The molecule has 0 amide bonds. The Balaban J connectivity index is 2.71. The molecule has 1 aromatic carbocycles. The monoisotopic (exact) mass is 245 g/mol. The van der Waals surface area contributed by atoms with Crippen LogP contribution in [0.4, 0.5) is 5.69 Å². The number of nitrogen functional groups attached to an aromatic ring is 1. The minimum atomic E-state index is -2.34. The van der Waals surface area contributed by atoms with E-state index in [2.05, 4.69) is 4.18 Å². The van der Waals surface area contributed by atoms with Crippen LogP contribution in [-0.4, -0.2) is 15.4 Å². The van der Waals surface area contributed by atoms with Crippen molar-refractivity contribution in [1.82, 2.24) is 0 Å². The van der Waals surface area contributed by atoms with Gasteiger partial charge in [-0.05, 0) is 18.1 Å². The van der Waals surface area contributed by atoms with E-state index in [1.165, 1.54) is 12.1 Å². The van der Waals surface area contributed by atoms with Crippen LogP contribution in [0.2, 0.25) is 0 Å². The number of hydrogen-bond acceptors (Lipinski definition) is 4. The maximum Gasteiger partial charge on any atom is 0.357 e. The second kappa shape index (κ2) is 5.72. The van der Waals surface area contributed by atoms with Gasteiger partial charge in [0.15, 0.2) is 0 Å². The van der Waals surface area contributed by atoms with Gasteiger partial charge in [0.2, 0.25) is 0 Å². The van der Waals surface area contributed by atoms with E-state index in [1.54, 1.807) is 6.07 Å². The molecule has 0 saturated heterocycles. The third-order valence-corrected chi connectivity index (χ3v) is 2.06. The third kappa shape index (κ3) is 4.08. The zero-order valence-corrected chi connectivity index (χ0v) is 9.99. The van der Waals surface area contributed by atoms with E-state index < -0.39 is 11.4 Å². The summed E-state index contributed by atoms with van der Waals surface area (Å²) in [4.78, 5) is 0. The van der Waals surface area contributed by atoms with Gasteiger partial charge in [-0.2, -0.15) is 4.21 Å². The lowest BCUT2D eigenvalue weighted by Crippen LogP contribution is -2.06. The molecule has 0 radical (unpaired) electrons. The van der Waals surface area contributed by atoms with Gasteiger partial charge in [0, 0.05) is 6.07 Å². The third-order valence-electron chi connectivity index (χ3n) is 1.72. The van der Waals surface area contributed by atoms with Gasteiger partial charge < -0.3 is 14.7 Å². The molecule has 1 atom stereocenters. The van der Waals surface area contributed by atoms with Crippen molar-refractivity contribution in [2.24, 2.45) is 5.92 Å². The van der Waals surface area contributed by atoms with Gasteiger partial charge in [0.25, 0.3) is 0 Å². The van der Waals surface area contributed by atoms with E-state index in [-0.39, 0.29) is 5.75 Å². The van der Waals surface area contributed by atoms with Crippen molar-refractivity contribution < 1.29 is 17.7 Å². The molecule has 0 heterocycles. The highest BCUT2D eigenvalue weighted by Crippen LogP contribution is 2.27. The zero-order chi connectivity index (χ0) is 12.1. The molecule has 0 aliphatic carbocycles. The van der Waals surface area contributed by atoms with Crippen LogP contribution < -0.4 is 14.7 Å². The minimum Gasteiger partial charge on any atom is -0.491 e. The van der Waals surface area contributed by atoms with E-state index >= 15 is 0 Å². The predicted molar refractivity (Wildman–Crippen MR) is 62.6 cm³/mol. The molecule has 0 fully saturated rings. The first-order valence-corrected chi connectivity index (χ1v) is 5.83. The number of hydrogen-bond donors (Lipinski definition) is 2. The molecule has 16 heavy (non-hydrogen) atoms. The van der Waals surface area contributed by atoms with Crippen molar-refractivity contribution in [2.75, 3.05) is 12.3 Å². The standard InChI is InChI=1S/C10H15NO4S/c1-7(2)6-14-10-4-3-8(5-9(10)11)15-16(12)13/h3-5,7H,6,11H2,1-2H3,(H,12,13). The summed E-state index contributed by atoms with van der Waals surface area (Å²) in [7, 11) is 0. The maximum absolute atomic E-state index is 10.4. The summed E-state index contributed by atoms with van der Waals surface area (Å²) >= 11 is -2.34. The van der Waals surface area contributed by atoms with Crippen molar-refractivity contribution in [3.8, 4) is 11.5 Å². The van der Waals surface area contributed by atoms with Crippen LogP contribution in [-0.2, 0) is 11.4 Å². The molecular formula is C10H15NO4S. The van der Waals surface area contributed by atoms with Crippen molar-refractivity contribution in [2.45, 2.75) is 13.8 Å². The fourth-order valence-electron chi connectivity index (χ4n) is 1.05. The Labute approximate surface area is 97.0 Å². The van der Waals surface area contributed by atoms with Gasteiger partial charge in [-0.3, -0.25) is 4.55 Å². The lowest BCUT2D eigenvalue weighted by Gasteiger charge is -2.11. The van der Waals surface area contributed by atoms with E-state index in [1.807, 2.05) is 13.8 Å². The van der Waals surface area contributed by atoms with Gasteiger partial charge >= 0.3 is 11.4 Å². The van der Waals surface area contributed by atoms with E-state index in [0.29, 0.717) is 24.0 Å². The first-order chi connectivity index (χ1) is 7.49. The fourth-order valence-corrected chi connectivity index (χ4v) is 1.32. The topological polar surface area (TPSA) is 81.8 Å². The van der Waals surface area contributed by atoms with Crippen LogP contribution in [0.1, 0.15) is 13.8 Å². The smallest absolute Gasteiger partial charge is 0.357 e. The van der Waals surface area contributed by atoms with E-state index in [9.17, 15) is 4.21 Å². The average Bonchev–Trinajstić information content (AvgIpc) is 2.15. The lowest BCUT2D eigenvalue weighted by molar-refractivity contribution is 0.272. The Bertz CT molecular complexity index is 381. The van der Waals surface area contributed by atoms with Crippen molar-refractivity contribution in [1.29, 1.82) is 0 Å². The maximum atomic E-state index is 10.4. The summed E-state index contributed by atoms with van der Waals surface area (Å²) in [5.74, 6) is 1.18. The number of anilines is 1. The molecule has 0 aromatic heterocycles. The zero-order valence-electron chi connectivity index (χ0n) is 9.17. The molecule has 90 valence electrons. The molecule has 3 N–H and O–H groups in total. The Morgan fingerprint density at radius 1 is 1.50 bits per heavy atom. The van der Waals surface area contributed by atoms with Crippen LogP contribution in [0.5, 0.6) is 11.5 Å². The summed E-state index contributed by atoms with van der Waals surface area (Å²) < 4.78 is 28.9. The van der Waals surface area contributed by atoms with Gasteiger partial charge in [-0.1, -0.05) is 13.8 Å². The van der Waals surface area contributed by atoms with Crippen LogP contribution in [0.3, 0.4) is 0 Å². The first-order valence-electron chi connectivity index (χ1n) is 4.80. The highest BCUT2D eigenvalue weighted by Gasteiger charge is 2.05. The highest BCUT2D eigenvalue weighted by molar-refractivity contribution is 7.74. The number of nitrogens with two attached hydrogens (primary N) is 1. The quantitative estimate of drug-likeness (QED) is 0.610. The number of rotatable bonds is 5. The summed E-state index contributed by atoms with van der Waals surface area (Å²) in [6.07, 6.45) is 0. The van der Waals surface area contributed by atoms with Gasteiger partial charge in [-0.15, -0.1) is 0 Å². The molecule has 0 aliphatic rings. The predicted octanol–water partition coefficient (Wildman–Crippen LogP) is 1.82. The molecule has 0 saturated carbocycles. The van der Waals surface area contributed by atoms with E-state index in [4.69, 9.17) is 15.0 Å². The van der Waals surface area contributed by atoms with Crippen LogP contribution >= 0.6 is 0 Å². The highest BCUT2D eigenvalue weighted by atomic mass is 32.2. The summed E-state index contributed by atoms with van der Waals surface area (Å²) in [6.45, 7) is 4.63. The van der Waals surface area contributed by atoms with Crippen molar-refractivity contribution in [3.63, 3.8) is 0 Å². The SMILES string of the molecule is CC(C)COc1ccc(OS(=O)O)cc1N. The first kappa shape index (κ1) is 12.8. The van der Waals surface area contributed by atoms with E-state index in [0.717, 1.165) is 0 Å². The van der Waals surface area contributed by atoms with Crippen LogP contribution in [0.25, 0.3) is 0 Å².